The Morgan fingerprint density at radius 3 is 2.67 bits per heavy atom. The number of hydrogen-bond donors (Lipinski definition) is 0. The third kappa shape index (κ3) is 5.04. The van der Waals surface area contributed by atoms with E-state index in [0.29, 0.717) is 5.75 Å². The highest BCUT2D eigenvalue weighted by Crippen LogP contribution is 2.18. The van der Waals surface area contributed by atoms with Crippen LogP contribution in [-0.4, -0.2) is 25.9 Å². The standard InChI is InChI=1S/C16H14BrNO3/c1-20-16(19)11-21-15-7-5-12(6-8-15)10-18-14-4-2-3-13(17)9-14/h2-10H,11H2,1H3. The summed E-state index contributed by atoms with van der Waals surface area (Å²) in [6.45, 7) is -0.0953. The minimum atomic E-state index is -0.407. The maximum atomic E-state index is 11.0. The van der Waals surface area contributed by atoms with Gasteiger partial charge in [-0.1, -0.05) is 22.0 Å². The maximum absolute atomic E-state index is 11.0. The number of halogens is 1. The van der Waals surface area contributed by atoms with Gasteiger partial charge in [-0.05, 0) is 48.0 Å². The molecule has 0 spiro atoms. The molecule has 0 aromatic heterocycles. The first-order chi connectivity index (χ1) is 10.2. The van der Waals surface area contributed by atoms with Crippen LogP contribution >= 0.6 is 15.9 Å². The van der Waals surface area contributed by atoms with Gasteiger partial charge < -0.3 is 9.47 Å². The van der Waals surface area contributed by atoms with Crippen LogP contribution < -0.4 is 4.74 Å². The molecule has 0 unspecified atom stereocenters. The highest BCUT2D eigenvalue weighted by Gasteiger charge is 2.01. The van der Waals surface area contributed by atoms with Crippen molar-refractivity contribution in [2.45, 2.75) is 0 Å². The second-order valence-corrected chi connectivity index (χ2v) is 5.09. The Morgan fingerprint density at radius 2 is 2.00 bits per heavy atom. The topological polar surface area (TPSA) is 47.9 Å². The smallest absolute Gasteiger partial charge is 0.343 e. The SMILES string of the molecule is COC(=O)COc1ccc(C=Nc2cccc(Br)c2)cc1. The molecule has 0 aliphatic heterocycles. The molecule has 108 valence electrons. The fraction of sp³-hybridized carbons (Fsp3) is 0.125. The van der Waals surface area contributed by atoms with Gasteiger partial charge >= 0.3 is 5.97 Å². The van der Waals surface area contributed by atoms with Crippen molar-refractivity contribution in [2.24, 2.45) is 4.99 Å². The number of nitrogens with zero attached hydrogens (tertiary/aromatic N) is 1. The molecule has 4 nitrogen and oxygen atoms in total. The van der Waals surface area contributed by atoms with Crippen molar-refractivity contribution in [1.82, 2.24) is 0 Å². The minimum absolute atomic E-state index is 0.0953. The van der Waals surface area contributed by atoms with Crippen LogP contribution in [0, 0.1) is 0 Å². The second kappa shape index (κ2) is 7.59. The molecule has 0 aliphatic rings. The molecule has 0 aliphatic carbocycles. The predicted octanol–water partition coefficient (Wildman–Crippen LogP) is 3.75. The molecule has 0 heterocycles. The molecule has 2 rings (SSSR count). The molecule has 0 radical (unpaired) electrons. The van der Waals surface area contributed by atoms with Crippen molar-refractivity contribution in [3.05, 3.63) is 58.6 Å². The van der Waals surface area contributed by atoms with Gasteiger partial charge in [-0.25, -0.2) is 4.79 Å². The number of carbonyl (C=O) groups excluding carboxylic acids is 1. The zero-order chi connectivity index (χ0) is 15.1. The summed E-state index contributed by atoms with van der Waals surface area (Å²) in [5, 5.41) is 0. The van der Waals surface area contributed by atoms with Crippen LogP contribution in [0.1, 0.15) is 5.56 Å². The van der Waals surface area contributed by atoms with Crippen LogP contribution in [0.4, 0.5) is 5.69 Å². The number of rotatable bonds is 5. The summed E-state index contributed by atoms with van der Waals surface area (Å²) < 4.78 is 10.8. The summed E-state index contributed by atoms with van der Waals surface area (Å²) in [5.74, 6) is 0.204. The molecular formula is C16H14BrNO3. The Balaban J connectivity index is 1.97. The zero-order valence-electron chi connectivity index (χ0n) is 11.5. The van der Waals surface area contributed by atoms with Crippen molar-refractivity contribution in [3.8, 4) is 5.75 Å². The number of ether oxygens (including phenoxy) is 2. The van der Waals surface area contributed by atoms with E-state index in [4.69, 9.17) is 4.74 Å². The van der Waals surface area contributed by atoms with Gasteiger partial charge in [-0.15, -0.1) is 0 Å². The predicted molar refractivity (Wildman–Crippen MR) is 85.3 cm³/mol. The van der Waals surface area contributed by atoms with E-state index in [-0.39, 0.29) is 6.61 Å². The van der Waals surface area contributed by atoms with Gasteiger partial charge in [-0.2, -0.15) is 0 Å². The van der Waals surface area contributed by atoms with E-state index in [1.165, 1.54) is 7.11 Å². The fourth-order valence-electron chi connectivity index (χ4n) is 1.56. The van der Waals surface area contributed by atoms with Crippen LogP contribution in [0.25, 0.3) is 0 Å². The lowest BCUT2D eigenvalue weighted by atomic mass is 10.2. The van der Waals surface area contributed by atoms with Crippen LogP contribution in [-0.2, 0) is 9.53 Å². The average molecular weight is 348 g/mol. The summed E-state index contributed by atoms with van der Waals surface area (Å²) >= 11 is 3.40. The molecule has 2 aromatic carbocycles. The van der Waals surface area contributed by atoms with E-state index in [9.17, 15) is 4.79 Å². The Bertz CT molecular complexity index is 638. The van der Waals surface area contributed by atoms with Crippen molar-refractivity contribution in [2.75, 3.05) is 13.7 Å². The first-order valence-electron chi connectivity index (χ1n) is 6.27. The molecule has 0 fully saturated rings. The summed E-state index contributed by atoms with van der Waals surface area (Å²) in [6.07, 6.45) is 1.77. The molecule has 0 bridgehead atoms. The van der Waals surface area contributed by atoms with Crippen molar-refractivity contribution >= 4 is 33.8 Å². The summed E-state index contributed by atoms with van der Waals surface area (Å²) in [7, 11) is 1.33. The molecule has 21 heavy (non-hydrogen) atoms. The number of carbonyl (C=O) groups is 1. The van der Waals surface area contributed by atoms with Crippen LogP contribution in [0.2, 0.25) is 0 Å². The quantitative estimate of drug-likeness (QED) is 0.611. The minimum Gasteiger partial charge on any atom is -0.482 e. The van der Waals surface area contributed by atoms with Gasteiger partial charge in [0.25, 0.3) is 0 Å². The number of esters is 1. The summed E-state index contributed by atoms with van der Waals surface area (Å²) in [4.78, 5) is 15.4. The summed E-state index contributed by atoms with van der Waals surface area (Å²) in [6, 6.07) is 15.0. The molecule has 0 saturated carbocycles. The van der Waals surface area contributed by atoms with Crippen LogP contribution in [0.15, 0.2) is 58.0 Å². The molecule has 2 aromatic rings. The van der Waals surface area contributed by atoms with Crippen molar-refractivity contribution < 1.29 is 14.3 Å². The van der Waals surface area contributed by atoms with E-state index in [2.05, 4.69) is 25.7 Å². The Hall–Kier alpha value is -2.14. The van der Waals surface area contributed by atoms with Crippen LogP contribution in [0.3, 0.4) is 0 Å². The first kappa shape index (κ1) is 15.3. The number of hydrogen-bond acceptors (Lipinski definition) is 4. The first-order valence-corrected chi connectivity index (χ1v) is 7.06. The molecule has 5 heteroatoms. The molecule has 0 saturated heterocycles. The van der Waals surface area contributed by atoms with E-state index in [1.807, 2.05) is 36.4 Å². The molecular weight excluding hydrogens is 334 g/mol. The van der Waals surface area contributed by atoms with Gasteiger partial charge in [-0.3, -0.25) is 4.99 Å². The zero-order valence-corrected chi connectivity index (χ0v) is 13.0. The van der Waals surface area contributed by atoms with Crippen molar-refractivity contribution in [1.29, 1.82) is 0 Å². The third-order valence-corrected chi connectivity index (χ3v) is 3.13. The largest absolute Gasteiger partial charge is 0.482 e. The van der Waals surface area contributed by atoms with Gasteiger partial charge in [0.1, 0.15) is 5.75 Å². The Morgan fingerprint density at radius 1 is 1.24 bits per heavy atom. The number of methoxy groups -OCH3 is 1. The lowest BCUT2D eigenvalue weighted by Gasteiger charge is -2.04. The van der Waals surface area contributed by atoms with Gasteiger partial charge in [0.05, 0.1) is 12.8 Å². The molecule has 0 amide bonds. The number of benzene rings is 2. The van der Waals surface area contributed by atoms with E-state index in [1.54, 1.807) is 18.3 Å². The average Bonchev–Trinajstić information content (AvgIpc) is 2.51. The maximum Gasteiger partial charge on any atom is 0.343 e. The van der Waals surface area contributed by atoms with E-state index >= 15 is 0 Å². The second-order valence-electron chi connectivity index (χ2n) is 4.17. The lowest BCUT2D eigenvalue weighted by molar-refractivity contribution is -0.142. The summed E-state index contributed by atoms with van der Waals surface area (Å²) in [5.41, 5.74) is 1.82. The van der Waals surface area contributed by atoms with Gasteiger partial charge in [0.2, 0.25) is 0 Å². The fourth-order valence-corrected chi connectivity index (χ4v) is 1.94. The Kier molecular flexibility index (Phi) is 5.51. The normalized spacial score (nSPS) is 10.6. The Labute approximate surface area is 131 Å². The van der Waals surface area contributed by atoms with Gasteiger partial charge in [0, 0.05) is 10.7 Å². The number of aliphatic imine (C=N–C) groups is 1. The van der Waals surface area contributed by atoms with Crippen molar-refractivity contribution in [3.63, 3.8) is 0 Å². The molecule has 0 atom stereocenters. The molecule has 0 N–H and O–H groups in total. The lowest BCUT2D eigenvalue weighted by Crippen LogP contribution is -2.12. The highest BCUT2D eigenvalue weighted by molar-refractivity contribution is 9.10. The van der Waals surface area contributed by atoms with Crippen LogP contribution in [0.5, 0.6) is 5.75 Å². The monoisotopic (exact) mass is 347 g/mol. The third-order valence-electron chi connectivity index (χ3n) is 2.64. The van der Waals surface area contributed by atoms with E-state index < -0.39 is 5.97 Å². The van der Waals surface area contributed by atoms with Gasteiger partial charge in [0.15, 0.2) is 6.61 Å². The highest BCUT2D eigenvalue weighted by atomic mass is 79.9. The van der Waals surface area contributed by atoms with E-state index in [0.717, 1.165) is 15.7 Å².